The van der Waals surface area contributed by atoms with E-state index in [0.29, 0.717) is 55.5 Å². The maximum absolute atomic E-state index is 13.1. The van der Waals surface area contributed by atoms with Gasteiger partial charge in [0.15, 0.2) is 11.5 Å². The van der Waals surface area contributed by atoms with Crippen molar-refractivity contribution in [3.8, 4) is 11.5 Å². The van der Waals surface area contributed by atoms with Gasteiger partial charge in [-0.05, 0) is 47.9 Å². The number of hydrogen-bond donors (Lipinski definition) is 0. The van der Waals surface area contributed by atoms with Crippen LogP contribution in [0.15, 0.2) is 60.7 Å². The molecule has 0 radical (unpaired) electrons. The van der Waals surface area contributed by atoms with Gasteiger partial charge in [-0.25, -0.2) is 0 Å². The first kappa shape index (κ1) is 24.4. The van der Waals surface area contributed by atoms with Crippen LogP contribution in [0.2, 0.25) is 0 Å². The Morgan fingerprint density at radius 2 is 1.57 bits per heavy atom. The average molecular weight is 503 g/mol. The Kier molecular flexibility index (Phi) is 6.85. The summed E-state index contributed by atoms with van der Waals surface area (Å²) in [5, 5.41) is 11.8. The maximum Gasteiger partial charge on any atom is 0.292 e. The number of methoxy groups -OCH3 is 2. The Morgan fingerprint density at radius 1 is 0.838 bits per heavy atom. The van der Waals surface area contributed by atoms with E-state index in [-0.39, 0.29) is 16.5 Å². The molecule has 1 saturated heterocycles. The molecule has 3 aromatic rings. The molecule has 0 N–H and O–H groups in total. The normalized spacial score (nSPS) is 15.2. The molecule has 9 heteroatoms. The predicted octanol–water partition coefficient (Wildman–Crippen LogP) is 4.14. The number of piperazine rings is 1. The number of nitro groups is 1. The van der Waals surface area contributed by atoms with Crippen molar-refractivity contribution < 1.29 is 19.2 Å². The van der Waals surface area contributed by atoms with Crippen LogP contribution in [0.1, 0.15) is 21.5 Å². The molecule has 0 atom stereocenters. The number of carbonyl (C=O) groups is 1. The van der Waals surface area contributed by atoms with E-state index in [2.05, 4.69) is 21.9 Å². The summed E-state index contributed by atoms with van der Waals surface area (Å²) in [6.07, 6.45) is 0.856. The molecule has 0 saturated carbocycles. The van der Waals surface area contributed by atoms with Crippen molar-refractivity contribution in [2.24, 2.45) is 0 Å². The van der Waals surface area contributed by atoms with Gasteiger partial charge in [0.25, 0.3) is 11.6 Å². The van der Waals surface area contributed by atoms with Gasteiger partial charge in [-0.1, -0.05) is 24.3 Å². The molecule has 0 aliphatic carbocycles. The molecule has 2 aliphatic rings. The number of ether oxygens (including phenoxy) is 2. The molecule has 1 fully saturated rings. The zero-order chi connectivity index (χ0) is 25.9. The molecule has 2 heterocycles. The van der Waals surface area contributed by atoms with Crippen LogP contribution in [0.4, 0.5) is 17.1 Å². The van der Waals surface area contributed by atoms with E-state index < -0.39 is 0 Å². The molecule has 192 valence electrons. The number of amides is 1. The zero-order valence-corrected chi connectivity index (χ0v) is 21.1. The van der Waals surface area contributed by atoms with Gasteiger partial charge in [-0.2, -0.15) is 0 Å². The van der Waals surface area contributed by atoms with E-state index >= 15 is 0 Å². The van der Waals surface area contributed by atoms with Crippen molar-refractivity contribution in [2.45, 2.75) is 13.0 Å². The largest absolute Gasteiger partial charge is 0.493 e. The SMILES string of the molecule is COc1ccc(C(=O)N2CCN(c3ccc([N+](=O)[O-])c(N4CCc5ccccc5C4)c3)CC2)cc1OC. The summed E-state index contributed by atoms with van der Waals surface area (Å²) in [4.78, 5) is 30.8. The quantitative estimate of drug-likeness (QED) is 0.370. The molecule has 0 aromatic heterocycles. The average Bonchev–Trinajstić information content (AvgIpc) is 2.95. The summed E-state index contributed by atoms with van der Waals surface area (Å²) in [5.74, 6) is 1.04. The van der Waals surface area contributed by atoms with E-state index in [1.54, 1.807) is 38.5 Å². The minimum Gasteiger partial charge on any atom is -0.493 e. The molecule has 3 aromatic carbocycles. The van der Waals surface area contributed by atoms with Gasteiger partial charge in [-0.3, -0.25) is 14.9 Å². The van der Waals surface area contributed by atoms with Crippen LogP contribution in [-0.2, 0) is 13.0 Å². The van der Waals surface area contributed by atoms with Crippen LogP contribution in [-0.4, -0.2) is 62.7 Å². The number of fused-ring (bicyclic) bond motifs is 1. The van der Waals surface area contributed by atoms with Crippen LogP contribution in [0.3, 0.4) is 0 Å². The second-order valence-electron chi connectivity index (χ2n) is 9.22. The second kappa shape index (κ2) is 10.4. The number of rotatable bonds is 6. The van der Waals surface area contributed by atoms with Gasteiger partial charge >= 0.3 is 0 Å². The van der Waals surface area contributed by atoms with Crippen LogP contribution in [0, 0.1) is 10.1 Å². The van der Waals surface area contributed by atoms with Gasteiger partial charge in [0.05, 0.1) is 19.1 Å². The minimum atomic E-state index is -0.306. The summed E-state index contributed by atoms with van der Waals surface area (Å²) < 4.78 is 10.6. The number of nitro benzene ring substituents is 1. The summed E-state index contributed by atoms with van der Waals surface area (Å²) in [6, 6.07) is 18.8. The number of benzene rings is 3. The van der Waals surface area contributed by atoms with E-state index in [4.69, 9.17) is 9.47 Å². The monoisotopic (exact) mass is 502 g/mol. The van der Waals surface area contributed by atoms with Crippen molar-refractivity contribution in [3.05, 3.63) is 87.5 Å². The Hall–Kier alpha value is -4.27. The van der Waals surface area contributed by atoms with E-state index in [0.717, 1.165) is 18.7 Å². The first-order chi connectivity index (χ1) is 18.0. The first-order valence-electron chi connectivity index (χ1n) is 12.3. The van der Waals surface area contributed by atoms with Gasteiger partial charge in [0.2, 0.25) is 0 Å². The van der Waals surface area contributed by atoms with Crippen LogP contribution >= 0.6 is 0 Å². The van der Waals surface area contributed by atoms with E-state index in [1.807, 2.05) is 29.2 Å². The fraction of sp³-hybridized carbons (Fsp3) is 0.321. The van der Waals surface area contributed by atoms with Crippen molar-refractivity contribution >= 4 is 23.0 Å². The van der Waals surface area contributed by atoms with Crippen LogP contribution in [0.25, 0.3) is 0 Å². The number of nitrogens with zero attached hydrogens (tertiary/aromatic N) is 4. The number of anilines is 2. The van der Waals surface area contributed by atoms with Gasteiger partial charge in [-0.15, -0.1) is 0 Å². The van der Waals surface area contributed by atoms with Crippen molar-refractivity contribution in [3.63, 3.8) is 0 Å². The van der Waals surface area contributed by atoms with Crippen molar-refractivity contribution in [1.82, 2.24) is 4.90 Å². The zero-order valence-electron chi connectivity index (χ0n) is 21.1. The van der Waals surface area contributed by atoms with Gasteiger partial charge in [0, 0.05) is 56.6 Å². The fourth-order valence-electron chi connectivity index (χ4n) is 5.14. The first-order valence-corrected chi connectivity index (χ1v) is 12.3. The smallest absolute Gasteiger partial charge is 0.292 e. The highest BCUT2D eigenvalue weighted by Crippen LogP contribution is 2.36. The lowest BCUT2D eigenvalue weighted by molar-refractivity contribution is -0.384. The third-order valence-electron chi connectivity index (χ3n) is 7.19. The highest BCUT2D eigenvalue weighted by atomic mass is 16.6. The third-order valence-corrected chi connectivity index (χ3v) is 7.19. The lowest BCUT2D eigenvalue weighted by Gasteiger charge is -2.37. The second-order valence-corrected chi connectivity index (χ2v) is 9.22. The Balaban J connectivity index is 1.31. The Morgan fingerprint density at radius 3 is 2.27 bits per heavy atom. The molecular weight excluding hydrogens is 472 g/mol. The Bertz CT molecular complexity index is 1320. The highest BCUT2D eigenvalue weighted by molar-refractivity contribution is 5.95. The maximum atomic E-state index is 13.1. The van der Waals surface area contributed by atoms with Crippen LogP contribution < -0.4 is 19.3 Å². The lowest BCUT2D eigenvalue weighted by Crippen LogP contribution is -2.48. The summed E-state index contributed by atoms with van der Waals surface area (Å²) in [6.45, 7) is 3.76. The summed E-state index contributed by atoms with van der Waals surface area (Å²) in [7, 11) is 3.11. The minimum absolute atomic E-state index is 0.0584. The molecule has 0 unspecified atom stereocenters. The molecule has 9 nitrogen and oxygen atoms in total. The fourth-order valence-corrected chi connectivity index (χ4v) is 5.14. The molecule has 5 rings (SSSR count). The third kappa shape index (κ3) is 4.89. The van der Waals surface area contributed by atoms with E-state index in [1.165, 1.54) is 11.1 Å². The lowest BCUT2D eigenvalue weighted by atomic mass is 9.99. The molecule has 0 bridgehead atoms. The van der Waals surface area contributed by atoms with Crippen molar-refractivity contribution in [2.75, 3.05) is 56.7 Å². The van der Waals surface area contributed by atoms with Crippen molar-refractivity contribution in [1.29, 1.82) is 0 Å². The van der Waals surface area contributed by atoms with Gasteiger partial charge < -0.3 is 24.2 Å². The predicted molar refractivity (Wildman–Crippen MR) is 142 cm³/mol. The molecule has 0 spiro atoms. The van der Waals surface area contributed by atoms with E-state index in [9.17, 15) is 14.9 Å². The summed E-state index contributed by atoms with van der Waals surface area (Å²) >= 11 is 0. The summed E-state index contributed by atoms with van der Waals surface area (Å²) in [5.41, 5.74) is 4.74. The number of carbonyl (C=O) groups excluding carboxylic acids is 1. The highest BCUT2D eigenvalue weighted by Gasteiger charge is 2.27. The molecule has 1 amide bonds. The van der Waals surface area contributed by atoms with Crippen LogP contribution in [0.5, 0.6) is 11.5 Å². The molecule has 37 heavy (non-hydrogen) atoms. The standard InChI is InChI=1S/C28H30N4O5/c1-36-26-10-7-21(17-27(26)37-2)28(33)30-15-13-29(14-16-30)23-8-9-24(32(34)35)25(18-23)31-12-11-20-5-3-4-6-22(20)19-31/h3-10,17-18H,11-16,19H2,1-2H3. The number of hydrogen-bond acceptors (Lipinski definition) is 7. The molecular formula is C28H30N4O5. The molecule has 2 aliphatic heterocycles. The Labute approximate surface area is 216 Å². The van der Waals surface area contributed by atoms with Gasteiger partial charge in [0.1, 0.15) is 5.69 Å². The topological polar surface area (TPSA) is 88.4 Å².